The van der Waals surface area contributed by atoms with Crippen LogP contribution >= 0.6 is 0 Å². The molecule has 122 valence electrons. The van der Waals surface area contributed by atoms with Gasteiger partial charge in [-0.05, 0) is 17.2 Å². The fraction of sp³-hybridized carbons (Fsp3) is 0.190. The van der Waals surface area contributed by atoms with Crippen molar-refractivity contribution in [2.45, 2.75) is 18.5 Å². The summed E-state index contributed by atoms with van der Waals surface area (Å²) in [4.78, 5) is 12.7. The lowest BCUT2D eigenvalue weighted by Crippen LogP contribution is -2.18. The van der Waals surface area contributed by atoms with E-state index < -0.39 is 0 Å². The molecule has 0 saturated carbocycles. The van der Waals surface area contributed by atoms with Gasteiger partial charge in [0.25, 0.3) is 5.91 Å². The van der Waals surface area contributed by atoms with Crippen LogP contribution in [0.25, 0.3) is 21.8 Å². The number of benzene rings is 2. The Hall–Kier alpha value is -3.01. The number of carbonyl (C=O) groups excluding carboxylic acids is 1. The number of hydrogen-bond acceptors (Lipinski definition) is 2. The Morgan fingerprint density at radius 3 is 2.92 bits per heavy atom. The first-order valence-corrected chi connectivity index (χ1v) is 8.71. The van der Waals surface area contributed by atoms with Crippen molar-refractivity contribution in [3.05, 3.63) is 65.3 Å². The number of allylic oxidation sites excluding steroid dienone is 2. The molecular weight excluding hydrogens is 310 g/mol. The number of anilines is 1. The third-order valence-electron chi connectivity index (χ3n) is 5.92. The van der Waals surface area contributed by atoms with Crippen molar-refractivity contribution >= 4 is 33.4 Å². The second kappa shape index (κ2) is 4.33. The normalized spacial score (nSPS) is 22.8. The Labute approximate surface area is 144 Å². The maximum Gasteiger partial charge on any atom is 0.252 e. The molecule has 3 aromatic rings. The van der Waals surface area contributed by atoms with Gasteiger partial charge in [0, 0.05) is 35.8 Å². The van der Waals surface area contributed by atoms with E-state index in [4.69, 9.17) is 0 Å². The van der Waals surface area contributed by atoms with Gasteiger partial charge < -0.3 is 15.2 Å². The third kappa shape index (κ3) is 1.46. The molecule has 2 aliphatic heterocycles. The van der Waals surface area contributed by atoms with Crippen molar-refractivity contribution in [3.63, 3.8) is 0 Å². The van der Waals surface area contributed by atoms with Crippen LogP contribution in [0.4, 0.5) is 5.69 Å². The molecule has 0 fully saturated rings. The molecule has 0 saturated heterocycles. The first kappa shape index (κ1) is 13.3. The van der Waals surface area contributed by atoms with Gasteiger partial charge in [-0.3, -0.25) is 4.79 Å². The van der Waals surface area contributed by atoms with Gasteiger partial charge >= 0.3 is 0 Å². The third-order valence-corrected chi connectivity index (χ3v) is 5.92. The summed E-state index contributed by atoms with van der Waals surface area (Å²) in [5, 5.41) is 9.02. The number of amides is 1. The number of carbonyl (C=O) groups is 1. The highest BCUT2D eigenvalue weighted by Crippen LogP contribution is 2.50. The summed E-state index contributed by atoms with van der Waals surface area (Å²) in [5.41, 5.74) is 6.83. The lowest BCUT2D eigenvalue weighted by molar-refractivity contribution is 0.0967. The molecule has 1 amide bonds. The van der Waals surface area contributed by atoms with Gasteiger partial charge in [-0.1, -0.05) is 42.5 Å². The number of hydrogen-bond donors (Lipinski definition) is 2. The molecule has 2 atom stereocenters. The molecule has 4 nitrogen and oxygen atoms in total. The fourth-order valence-corrected chi connectivity index (χ4v) is 4.90. The summed E-state index contributed by atoms with van der Waals surface area (Å²) in [6.45, 7) is 0.623. The first-order valence-electron chi connectivity index (χ1n) is 8.71. The lowest BCUT2D eigenvalue weighted by atomic mass is 9.86. The maximum absolute atomic E-state index is 12.7. The largest absolute Gasteiger partial charge is 0.376 e. The zero-order chi connectivity index (χ0) is 16.7. The first-order chi connectivity index (χ1) is 12.3. The van der Waals surface area contributed by atoms with E-state index in [9.17, 15) is 4.79 Å². The highest BCUT2D eigenvalue weighted by molar-refractivity contribution is 6.23. The quantitative estimate of drug-likeness (QED) is 0.663. The Morgan fingerprint density at radius 2 is 2.00 bits per heavy atom. The van der Waals surface area contributed by atoms with E-state index in [0.717, 1.165) is 27.4 Å². The highest BCUT2D eigenvalue weighted by Gasteiger charge is 2.39. The number of aromatic nitrogens is 1. The van der Waals surface area contributed by atoms with Crippen molar-refractivity contribution in [1.82, 2.24) is 9.88 Å². The van der Waals surface area contributed by atoms with Crippen molar-refractivity contribution in [2.75, 3.05) is 5.32 Å². The summed E-state index contributed by atoms with van der Waals surface area (Å²) in [6.07, 6.45) is 8.68. The number of nitrogens with zero attached hydrogens (tertiary/aromatic N) is 1. The van der Waals surface area contributed by atoms with Gasteiger partial charge in [-0.25, -0.2) is 0 Å². The average Bonchev–Trinajstić information content (AvgIpc) is 3.28. The van der Waals surface area contributed by atoms with Gasteiger partial charge in [0.1, 0.15) is 0 Å². The average molecular weight is 327 g/mol. The molecule has 2 unspecified atom stereocenters. The zero-order valence-electron chi connectivity index (χ0n) is 13.8. The lowest BCUT2D eigenvalue weighted by Gasteiger charge is -2.16. The van der Waals surface area contributed by atoms with Crippen LogP contribution < -0.4 is 10.6 Å². The van der Waals surface area contributed by atoms with Crippen molar-refractivity contribution in [3.8, 4) is 0 Å². The molecule has 25 heavy (non-hydrogen) atoms. The molecule has 3 aliphatic rings. The van der Waals surface area contributed by atoms with E-state index in [1.54, 1.807) is 0 Å². The molecule has 0 radical (unpaired) electrons. The Bertz CT molecular complexity index is 1170. The predicted molar refractivity (Wildman–Crippen MR) is 100 cm³/mol. The van der Waals surface area contributed by atoms with Crippen LogP contribution in [0.1, 0.15) is 27.4 Å². The van der Waals surface area contributed by atoms with E-state index in [1.165, 1.54) is 16.8 Å². The van der Waals surface area contributed by atoms with E-state index in [0.29, 0.717) is 12.5 Å². The van der Waals surface area contributed by atoms with Crippen LogP contribution in [-0.4, -0.2) is 16.5 Å². The smallest absolute Gasteiger partial charge is 0.252 e. The molecule has 3 heterocycles. The molecule has 0 spiro atoms. The van der Waals surface area contributed by atoms with Crippen molar-refractivity contribution < 1.29 is 4.79 Å². The Kier molecular flexibility index (Phi) is 2.31. The maximum atomic E-state index is 12.7. The summed E-state index contributed by atoms with van der Waals surface area (Å²) in [5.74, 6) is 0.349. The van der Waals surface area contributed by atoms with Crippen LogP contribution in [0.5, 0.6) is 0 Å². The van der Waals surface area contributed by atoms with E-state index in [-0.39, 0.29) is 11.9 Å². The summed E-state index contributed by atoms with van der Waals surface area (Å²) < 4.78 is 2.23. The topological polar surface area (TPSA) is 46.1 Å². The molecule has 0 bridgehead atoms. The zero-order valence-corrected chi connectivity index (χ0v) is 13.8. The SMILES string of the molecule is Cn1c2ccccc2c2c3c(c4c(c21)NC1C=CC=CC41)CNC3=O. The van der Waals surface area contributed by atoms with E-state index in [2.05, 4.69) is 64.8 Å². The molecule has 1 aliphatic carbocycles. The number of aryl methyl sites for hydroxylation is 1. The minimum absolute atomic E-state index is 0.0536. The van der Waals surface area contributed by atoms with Gasteiger partial charge in [0.05, 0.1) is 22.8 Å². The number of fused-ring (bicyclic) bond motifs is 10. The molecule has 1 aromatic heterocycles. The van der Waals surface area contributed by atoms with E-state index >= 15 is 0 Å². The van der Waals surface area contributed by atoms with Crippen LogP contribution in [-0.2, 0) is 13.6 Å². The van der Waals surface area contributed by atoms with Crippen LogP contribution in [0, 0.1) is 0 Å². The number of rotatable bonds is 0. The van der Waals surface area contributed by atoms with Crippen molar-refractivity contribution in [2.24, 2.45) is 7.05 Å². The minimum Gasteiger partial charge on any atom is -0.376 e. The van der Waals surface area contributed by atoms with E-state index in [1.807, 2.05) is 6.07 Å². The Balaban J connectivity index is 1.86. The van der Waals surface area contributed by atoms with Crippen LogP contribution in [0.2, 0.25) is 0 Å². The minimum atomic E-state index is 0.0536. The fourth-order valence-electron chi connectivity index (χ4n) is 4.90. The summed E-state index contributed by atoms with van der Waals surface area (Å²) >= 11 is 0. The number of para-hydroxylation sites is 1. The molecule has 2 N–H and O–H groups in total. The Morgan fingerprint density at radius 1 is 1.16 bits per heavy atom. The second-order valence-electron chi connectivity index (χ2n) is 7.09. The van der Waals surface area contributed by atoms with Gasteiger partial charge in [0.2, 0.25) is 0 Å². The van der Waals surface area contributed by atoms with Gasteiger partial charge in [-0.2, -0.15) is 0 Å². The predicted octanol–water partition coefficient (Wildman–Crippen LogP) is 3.58. The second-order valence-corrected chi connectivity index (χ2v) is 7.09. The molecule has 2 aromatic carbocycles. The van der Waals surface area contributed by atoms with Crippen LogP contribution in [0.3, 0.4) is 0 Å². The van der Waals surface area contributed by atoms with Crippen LogP contribution in [0.15, 0.2) is 48.6 Å². The molecule has 6 rings (SSSR count). The molecular formula is C21H17N3O. The molecule has 4 heteroatoms. The standard InChI is InChI=1S/C21H17N3O/c1-24-15-9-5-3-7-12(15)17-18-13(10-22-21(18)25)16-11-6-2-4-8-14(11)23-19(16)20(17)24/h2-9,11,14,23H,10H2,1H3,(H,22,25). The number of nitrogens with one attached hydrogen (secondary N) is 2. The van der Waals surface area contributed by atoms with Gasteiger partial charge in [-0.15, -0.1) is 0 Å². The summed E-state index contributed by atoms with van der Waals surface area (Å²) in [7, 11) is 2.10. The summed E-state index contributed by atoms with van der Waals surface area (Å²) in [6, 6.07) is 8.62. The van der Waals surface area contributed by atoms with Crippen molar-refractivity contribution in [1.29, 1.82) is 0 Å². The highest BCUT2D eigenvalue weighted by atomic mass is 16.1. The monoisotopic (exact) mass is 327 g/mol. The van der Waals surface area contributed by atoms with Gasteiger partial charge in [0.15, 0.2) is 0 Å².